The molecule has 2 aliphatic rings. The molecule has 2 aromatic rings. The van der Waals surface area contributed by atoms with Crippen molar-refractivity contribution in [2.24, 2.45) is 0 Å². The van der Waals surface area contributed by atoms with Crippen molar-refractivity contribution in [2.75, 3.05) is 13.2 Å². The zero-order valence-electron chi connectivity index (χ0n) is 19.3. The van der Waals surface area contributed by atoms with Crippen molar-refractivity contribution in [1.82, 2.24) is 5.06 Å². The molecule has 8 heteroatoms. The van der Waals surface area contributed by atoms with E-state index in [4.69, 9.17) is 23.8 Å². The number of hydrogen-bond donors (Lipinski definition) is 0. The number of unbranched alkanes of at least 4 members (excludes halogenated alkanes) is 1. The molecule has 0 radical (unpaired) electrons. The van der Waals surface area contributed by atoms with E-state index in [1.54, 1.807) is 0 Å². The predicted molar refractivity (Wildman–Crippen MR) is 122 cm³/mol. The summed E-state index contributed by atoms with van der Waals surface area (Å²) in [7, 11) is 0. The first kappa shape index (κ1) is 24.3. The highest BCUT2D eigenvalue weighted by molar-refractivity contribution is 5.77. The molecule has 0 aromatic heterocycles. The van der Waals surface area contributed by atoms with Gasteiger partial charge in [0, 0.05) is 0 Å². The van der Waals surface area contributed by atoms with Crippen LogP contribution in [0.4, 0.5) is 0 Å². The highest BCUT2D eigenvalue weighted by Crippen LogP contribution is 2.33. The van der Waals surface area contributed by atoms with E-state index < -0.39 is 36.4 Å². The largest absolute Gasteiger partial charge is 0.463 e. The lowest BCUT2D eigenvalue weighted by atomic mass is 10.00. The maximum absolute atomic E-state index is 12.8. The molecule has 8 nitrogen and oxygen atoms in total. The van der Waals surface area contributed by atoms with Gasteiger partial charge < -0.3 is 23.8 Å². The van der Waals surface area contributed by atoms with Crippen LogP contribution in [0.15, 0.2) is 60.7 Å². The van der Waals surface area contributed by atoms with Crippen molar-refractivity contribution < 1.29 is 33.4 Å². The fourth-order valence-electron chi connectivity index (χ4n) is 4.05. The Hall–Kier alpha value is -2.78. The van der Waals surface area contributed by atoms with E-state index in [2.05, 4.69) is 0 Å². The molecule has 34 heavy (non-hydrogen) atoms. The maximum atomic E-state index is 12.8. The van der Waals surface area contributed by atoms with Gasteiger partial charge in [0.15, 0.2) is 0 Å². The van der Waals surface area contributed by atoms with Crippen LogP contribution < -0.4 is 0 Å². The molecule has 2 saturated heterocycles. The van der Waals surface area contributed by atoms with E-state index in [-0.39, 0.29) is 19.6 Å². The van der Waals surface area contributed by atoms with Crippen molar-refractivity contribution in [3.8, 4) is 0 Å². The minimum absolute atomic E-state index is 0.0940. The van der Waals surface area contributed by atoms with Crippen LogP contribution in [0.5, 0.6) is 0 Å². The van der Waals surface area contributed by atoms with Gasteiger partial charge in [0.1, 0.15) is 12.2 Å². The molecular formula is C26H31NO7. The Morgan fingerprint density at radius 3 is 2.38 bits per heavy atom. The molecule has 0 unspecified atom stereocenters. The summed E-state index contributed by atoms with van der Waals surface area (Å²) < 4.78 is 23.7. The molecule has 4 rings (SSSR count). The topological polar surface area (TPSA) is 83.5 Å². The molecule has 2 heterocycles. The van der Waals surface area contributed by atoms with Crippen molar-refractivity contribution in [3.05, 3.63) is 71.8 Å². The number of carbonyl (C=O) groups excluding carboxylic acids is 2. The standard InChI is InChI=1S/C26H31NO7/c1-2-3-14-31-26(29)25-27-21(15-23(28)34-27)24(32-17-20-12-8-5-9-13-20)22(33-25)18-30-16-19-10-6-4-7-11-19/h4-13,21-22,24-25H,2-3,14-18H2,1H3/t21-,22+,24-,25-/m0/s1. The summed E-state index contributed by atoms with van der Waals surface area (Å²) in [6.07, 6.45) is -0.555. The van der Waals surface area contributed by atoms with Crippen LogP contribution in [0.2, 0.25) is 0 Å². The summed E-state index contributed by atoms with van der Waals surface area (Å²) in [4.78, 5) is 30.3. The van der Waals surface area contributed by atoms with E-state index >= 15 is 0 Å². The number of fused-ring (bicyclic) bond motifs is 1. The van der Waals surface area contributed by atoms with Gasteiger partial charge in [0.2, 0.25) is 6.23 Å². The van der Waals surface area contributed by atoms with Gasteiger partial charge in [-0.05, 0) is 17.5 Å². The van der Waals surface area contributed by atoms with Crippen molar-refractivity contribution in [1.29, 1.82) is 0 Å². The first-order valence-electron chi connectivity index (χ1n) is 11.7. The Balaban J connectivity index is 1.48. The molecule has 0 bridgehead atoms. The Labute approximate surface area is 199 Å². The molecule has 182 valence electrons. The van der Waals surface area contributed by atoms with Crippen molar-refractivity contribution >= 4 is 11.9 Å². The highest BCUT2D eigenvalue weighted by Gasteiger charge is 2.54. The fraction of sp³-hybridized carbons (Fsp3) is 0.462. The van der Waals surface area contributed by atoms with Gasteiger partial charge in [-0.3, -0.25) is 4.79 Å². The minimum atomic E-state index is -1.16. The third kappa shape index (κ3) is 6.21. The molecular weight excluding hydrogens is 438 g/mol. The van der Waals surface area contributed by atoms with Crippen molar-refractivity contribution in [2.45, 2.75) is 63.9 Å². The third-order valence-electron chi connectivity index (χ3n) is 5.81. The number of hydrogen-bond acceptors (Lipinski definition) is 8. The SMILES string of the molecule is CCCCOC(=O)[C@@H]1O[C@H](COCc2ccccc2)[C@@H](OCc2ccccc2)[C@@H]2CC(=O)ON12. The zero-order valence-corrected chi connectivity index (χ0v) is 19.3. The first-order chi connectivity index (χ1) is 16.7. The Bertz CT molecular complexity index is 923. The molecule has 2 aliphatic heterocycles. The maximum Gasteiger partial charge on any atom is 0.353 e. The number of ether oxygens (including phenoxy) is 4. The van der Waals surface area contributed by atoms with E-state index in [9.17, 15) is 9.59 Å². The second-order valence-electron chi connectivity index (χ2n) is 8.40. The number of rotatable bonds is 11. The van der Waals surface area contributed by atoms with Crippen LogP contribution in [-0.2, 0) is 46.6 Å². The monoisotopic (exact) mass is 469 g/mol. The van der Waals surface area contributed by atoms with Crippen LogP contribution in [0.25, 0.3) is 0 Å². The molecule has 0 amide bonds. The van der Waals surface area contributed by atoms with Crippen LogP contribution in [0.3, 0.4) is 0 Å². The molecule has 2 fully saturated rings. The summed E-state index contributed by atoms with van der Waals surface area (Å²) in [6, 6.07) is 19.1. The fourth-order valence-corrected chi connectivity index (χ4v) is 4.05. The number of esters is 1. The quantitative estimate of drug-likeness (QED) is 0.366. The van der Waals surface area contributed by atoms with Crippen LogP contribution in [0, 0.1) is 0 Å². The molecule has 4 atom stereocenters. The van der Waals surface area contributed by atoms with E-state index in [0.717, 1.165) is 24.0 Å². The smallest absolute Gasteiger partial charge is 0.353 e. The number of benzene rings is 2. The van der Waals surface area contributed by atoms with E-state index in [1.165, 1.54) is 5.06 Å². The normalized spacial score (nSPS) is 24.4. The van der Waals surface area contributed by atoms with Gasteiger partial charge in [-0.1, -0.05) is 79.1 Å². The van der Waals surface area contributed by atoms with Crippen molar-refractivity contribution in [3.63, 3.8) is 0 Å². The summed E-state index contributed by atoms with van der Waals surface area (Å²) in [5, 5.41) is 1.29. The number of carbonyl (C=O) groups is 2. The number of nitrogens with zero attached hydrogens (tertiary/aromatic N) is 1. The van der Waals surface area contributed by atoms with Crippen LogP contribution in [-0.4, -0.2) is 54.7 Å². The predicted octanol–water partition coefficient (Wildman–Crippen LogP) is 3.39. The van der Waals surface area contributed by atoms with E-state index in [1.807, 2.05) is 67.6 Å². The Kier molecular flexibility index (Phi) is 8.65. The molecule has 0 aliphatic carbocycles. The second-order valence-corrected chi connectivity index (χ2v) is 8.40. The van der Waals surface area contributed by atoms with Crippen LogP contribution in [0.1, 0.15) is 37.3 Å². The summed E-state index contributed by atoms with van der Waals surface area (Å²) in [5.41, 5.74) is 2.01. The van der Waals surface area contributed by atoms with Crippen LogP contribution >= 0.6 is 0 Å². The summed E-state index contributed by atoms with van der Waals surface area (Å²) in [5.74, 6) is -1.01. The second kappa shape index (κ2) is 12.1. The van der Waals surface area contributed by atoms with Gasteiger partial charge in [-0.15, -0.1) is 0 Å². The van der Waals surface area contributed by atoms with E-state index in [0.29, 0.717) is 13.2 Å². The minimum Gasteiger partial charge on any atom is -0.463 e. The summed E-state index contributed by atoms with van der Waals surface area (Å²) >= 11 is 0. The first-order valence-corrected chi connectivity index (χ1v) is 11.7. The number of hydroxylamine groups is 2. The molecule has 0 N–H and O–H groups in total. The Morgan fingerprint density at radius 2 is 1.71 bits per heavy atom. The lowest BCUT2D eigenvalue weighted by Gasteiger charge is -2.42. The average Bonchev–Trinajstić information content (AvgIpc) is 3.25. The summed E-state index contributed by atoms with van der Waals surface area (Å²) in [6.45, 7) is 3.20. The zero-order chi connectivity index (χ0) is 23.8. The van der Waals surface area contributed by atoms with Gasteiger partial charge in [0.25, 0.3) is 0 Å². The van der Waals surface area contributed by atoms with Gasteiger partial charge in [0.05, 0.1) is 38.9 Å². The van der Waals surface area contributed by atoms with Gasteiger partial charge in [-0.2, -0.15) is 0 Å². The van der Waals surface area contributed by atoms with Gasteiger partial charge in [-0.25, -0.2) is 4.79 Å². The molecule has 0 saturated carbocycles. The average molecular weight is 470 g/mol. The molecule has 2 aromatic carbocycles. The highest BCUT2D eigenvalue weighted by atomic mass is 16.8. The van der Waals surface area contributed by atoms with Gasteiger partial charge >= 0.3 is 11.9 Å². The lowest BCUT2D eigenvalue weighted by molar-refractivity contribution is -0.307. The third-order valence-corrected chi connectivity index (χ3v) is 5.81. The lowest BCUT2D eigenvalue weighted by Crippen LogP contribution is -2.62. The molecule has 0 spiro atoms. The Morgan fingerprint density at radius 1 is 1.03 bits per heavy atom.